The van der Waals surface area contributed by atoms with Gasteiger partial charge >= 0.3 is 0 Å². The molecule has 0 radical (unpaired) electrons. The number of rotatable bonds is 8. The van der Waals surface area contributed by atoms with Crippen LogP contribution in [-0.4, -0.2) is 0 Å². The van der Waals surface area contributed by atoms with Gasteiger partial charge in [0.25, 0.3) is 0 Å². The second-order valence-electron chi connectivity index (χ2n) is 5.20. The van der Waals surface area contributed by atoms with E-state index in [9.17, 15) is 0 Å². The molecular weight excluding hydrogens is 216 g/mol. The molecule has 0 nitrogen and oxygen atoms in total. The van der Waals surface area contributed by atoms with Crippen LogP contribution >= 0.6 is 0 Å². The van der Waals surface area contributed by atoms with Crippen LogP contribution in [0.25, 0.3) is 0 Å². The van der Waals surface area contributed by atoms with Gasteiger partial charge in [-0.15, -0.1) is 12.3 Å². The van der Waals surface area contributed by atoms with Crippen molar-refractivity contribution in [3.05, 3.63) is 34.9 Å². The predicted octanol–water partition coefficient (Wildman–Crippen LogP) is 5.82. The van der Waals surface area contributed by atoms with Crippen molar-refractivity contribution in [2.75, 3.05) is 0 Å². The van der Waals surface area contributed by atoms with Crippen molar-refractivity contribution in [3.8, 4) is 12.3 Å². The molecule has 0 fully saturated rings. The molecule has 0 aliphatic carbocycles. The zero-order valence-electron chi connectivity index (χ0n) is 12.6. The third-order valence-corrected chi connectivity index (χ3v) is 2.90. The molecule has 0 heterocycles. The fraction of sp³-hybridized carbons (Fsp3) is 0.556. The zero-order chi connectivity index (χ0) is 13.8. The molecule has 0 aliphatic heterocycles. The minimum Gasteiger partial charge on any atom is -0.120 e. The summed E-state index contributed by atoms with van der Waals surface area (Å²) in [6, 6.07) is 0. The smallest absolute Gasteiger partial charge is 0.0121 e. The molecule has 0 heteroatoms. The summed E-state index contributed by atoms with van der Waals surface area (Å²) in [5, 5.41) is 0. The fourth-order valence-electron chi connectivity index (χ4n) is 1.74. The van der Waals surface area contributed by atoms with Crippen LogP contribution in [0.1, 0.15) is 66.2 Å². The Morgan fingerprint density at radius 3 is 1.83 bits per heavy atom. The number of terminal acetylenes is 1. The summed E-state index contributed by atoms with van der Waals surface area (Å²) < 4.78 is 0. The SMILES string of the molecule is C#CCC/C=C(/C)CC/C=C(\C)CCC=C(C)C. The van der Waals surface area contributed by atoms with Gasteiger partial charge in [-0.05, 0) is 59.8 Å². The van der Waals surface area contributed by atoms with Crippen LogP contribution < -0.4 is 0 Å². The maximum atomic E-state index is 5.23. The van der Waals surface area contributed by atoms with Gasteiger partial charge < -0.3 is 0 Å². The number of unbranched alkanes of at least 4 members (excludes halogenated alkanes) is 1. The maximum absolute atomic E-state index is 5.23. The van der Waals surface area contributed by atoms with Crippen LogP contribution in [-0.2, 0) is 0 Å². The van der Waals surface area contributed by atoms with Gasteiger partial charge in [-0.2, -0.15) is 0 Å². The molecule has 0 saturated carbocycles. The highest BCUT2D eigenvalue weighted by Crippen LogP contribution is 2.11. The largest absolute Gasteiger partial charge is 0.120 e. The number of hydrogen-bond acceptors (Lipinski definition) is 0. The van der Waals surface area contributed by atoms with E-state index in [1.54, 1.807) is 0 Å². The van der Waals surface area contributed by atoms with Gasteiger partial charge in [0.05, 0.1) is 0 Å². The van der Waals surface area contributed by atoms with Crippen LogP contribution in [0.5, 0.6) is 0 Å². The van der Waals surface area contributed by atoms with E-state index in [0.29, 0.717) is 0 Å². The molecule has 0 aromatic rings. The topological polar surface area (TPSA) is 0 Å². The first kappa shape index (κ1) is 16.8. The Balaban J connectivity index is 3.83. The maximum Gasteiger partial charge on any atom is 0.0121 e. The van der Waals surface area contributed by atoms with Gasteiger partial charge in [-0.1, -0.05) is 34.9 Å². The van der Waals surface area contributed by atoms with E-state index < -0.39 is 0 Å². The lowest BCUT2D eigenvalue weighted by Crippen LogP contribution is -1.81. The molecule has 0 spiro atoms. The lowest BCUT2D eigenvalue weighted by atomic mass is 10.1. The Labute approximate surface area is 114 Å². The molecule has 100 valence electrons. The standard InChI is InChI=1S/C18H28/c1-6-7-8-12-17(4)14-10-15-18(5)13-9-11-16(2)3/h1,11-12,15H,7-10,13-14H2,2-5H3/b17-12-,18-15+. The summed E-state index contributed by atoms with van der Waals surface area (Å²) in [6.45, 7) is 8.74. The first-order valence-corrected chi connectivity index (χ1v) is 6.94. The van der Waals surface area contributed by atoms with Crippen molar-refractivity contribution in [1.29, 1.82) is 0 Å². The van der Waals surface area contributed by atoms with E-state index >= 15 is 0 Å². The van der Waals surface area contributed by atoms with Gasteiger partial charge in [0.1, 0.15) is 0 Å². The molecule has 18 heavy (non-hydrogen) atoms. The molecule has 0 saturated heterocycles. The molecule has 0 N–H and O–H groups in total. The molecule has 0 aromatic carbocycles. The third-order valence-electron chi connectivity index (χ3n) is 2.90. The fourth-order valence-corrected chi connectivity index (χ4v) is 1.74. The van der Waals surface area contributed by atoms with Crippen LogP contribution in [0.15, 0.2) is 34.9 Å². The highest BCUT2D eigenvalue weighted by molar-refractivity contribution is 5.05. The van der Waals surface area contributed by atoms with Crippen LogP contribution in [0.3, 0.4) is 0 Å². The molecule has 0 unspecified atom stereocenters. The Hall–Kier alpha value is -1.22. The second kappa shape index (κ2) is 10.9. The van der Waals surface area contributed by atoms with Crippen molar-refractivity contribution in [1.82, 2.24) is 0 Å². The predicted molar refractivity (Wildman–Crippen MR) is 83.5 cm³/mol. The molecule has 0 bridgehead atoms. The number of hydrogen-bond donors (Lipinski definition) is 0. The van der Waals surface area contributed by atoms with E-state index in [0.717, 1.165) is 25.7 Å². The van der Waals surface area contributed by atoms with E-state index in [2.05, 4.69) is 51.8 Å². The van der Waals surface area contributed by atoms with Gasteiger partial charge in [0.2, 0.25) is 0 Å². The molecule has 0 rings (SSSR count). The Kier molecular flexibility index (Phi) is 10.2. The van der Waals surface area contributed by atoms with Crippen molar-refractivity contribution in [2.24, 2.45) is 0 Å². The monoisotopic (exact) mass is 244 g/mol. The number of allylic oxidation sites excluding steroid dienone is 6. The average Bonchev–Trinajstić information content (AvgIpc) is 2.29. The summed E-state index contributed by atoms with van der Waals surface area (Å²) in [6.07, 6.45) is 18.7. The Bertz CT molecular complexity index is 341. The van der Waals surface area contributed by atoms with Gasteiger partial charge in [-0.25, -0.2) is 0 Å². The van der Waals surface area contributed by atoms with Crippen molar-refractivity contribution in [2.45, 2.75) is 66.2 Å². The second-order valence-corrected chi connectivity index (χ2v) is 5.20. The minimum atomic E-state index is 0.856. The lowest BCUT2D eigenvalue weighted by molar-refractivity contribution is 0.909. The molecule has 0 amide bonds. The highest BCUT2D eigenvalue weighted by Gasteiger charge is 1.91. The molecular formula is C18H28. The summed E-state index contributed by atoms with van der Waals surface area (Å²) in [4.78, 5) is 0. The summed E-state index contributed by atoms with van der Waals surface area (Å²) in [5.74, 6) is 2.67. The Morgan fingerprint density at radius 1 is 0.833 bits per heavy atom. The summed E-state index contributed by atoms with van der Waals surface area (Å²) >= 11 is 0. The van der Waals surface area contributed by atoms with E-state index in [1.165, 1.54) is 29.6 Å². The lowest BCUT2D eigenvalue weighted by Gasteiger charge is -2.01. The van der Waals surface area contributed by atoms with Crippen LogP contribution in [0.4, 0.5) is 0 Å². The average molecular weight is 244 g/mol. The zero-order valence-corrected chi connectivity index (χ0v) is 12.6. The van der Waals surface area contributed by atoms with Crippen molar-refractivity contribution < 1.29 is 0 Å². The van der Waals surface area contributed by atoms with E-state index in [4.69, 9.17) is 6.42 Å². The summed E-state index contributed by atoms with van der Waals surface area (Å²) in [5.41, 5.74) is 4.37. The van der Waals surface area contributed by atoms with Crippen LogP contribution in [0, 0.1) is 12.3 Å². The van der Waals surface area contributed by atoms with Crippen LogP contribution in [0.2, 0.25) is 0 Å². The van der Waals surface area contributed by atoms with Crippen molar-refractivity contribution >= 4 is 0 Å². The van der Waals surface area contributed by atoms with E-state index in [1.807, 2.05) is 0 Å². The first-order chi connectivity index (χ1) is 8.56. The molecule has 0 aliphatic rings. The third kappa shape index (κ3) is 11.3. The normalized spacial score (nSPS) is 12.2. The van der Waals surface area contributed by atoms with Crippen molar-refractivity contribution in [3.63, 3.8) is 0 Å². The van der Waals surface area contributed by atoms with Gasteiger partial charge in [0, 0.05) is 6.42 Å². The first-order valence-electron chi connectivity index (χ1n) is 6.94. The van der Waals surface area contributed by atoms with E-state index in [-0.39, 0.29) is 0 Å². The minimum absolute atomic E-state index is 0.856. The molecule has 0 aromatic heterocycles. The molecule has 0 atom stereocenters. The Morgan fingerprint density at radius 2 is 1.33 bits per heavy atom. The van der Waals surface area contributed by atoms with Gasteiger partial charge in [-0.3, -0.25) is 0 Å². The highest BCUT2D eigenvalue weighted by atomic mass is 14.0. The summed E-state index contributed by atoms with van der Waals surface area (Å²) in [7, 11) is 0. The quantitative estimate of drug-likeness (QED) is 0.287. The van der Waals surface area contributed by atoms with Gasteiger partial charge in [0.15, 0.2) is 0 Å².